The van der Waals surface area contributed by atoms with Gasteiger partial charge in [0.05, 0.1) is 37.3 Å². The Morgan fingerprint density at radius 2 is 1.12 bits per heavy atom. The highest BCUT2D eigenvalue weighted by molar-refractivity contribution is 8.13. The molecule has 2 aromatic heterocycles. The number of pyridine rings is 2. The van der Waals surface area contributed by atoms with Gasteiger partial charge < -0.3 is 41.4 Å². The number of esters is 2. The molecule has 0 spiro atoms. The molecule has 19 nitrogen and oxygen atoms in total. The van der Waals surface area contributed by atoms with Gasteiger partial charge in [-0.1, -0.05) is 96.4 Å². The zero-order valence-electron chi connectivity index (χ0n) is 44.6. The predicted molar refractivity (Wildman–Crippen MR) is 289 cm³/mol. The van der Waals surface area contributed by atoms with Crippen LogP contribution in [0.1, 0.15) is 145 Å². The molecule has 2 aromatic rings. The molecule has 23 heteroatoms. The molecule has 420 valence electrons. The second-order valence-electron chi connectivity index (χ2n) is 18.4. The summed E-state index contributed by atoms with van der Waals surface area (Å²) in [7, 11) is 0. The van der Waals surface area contributed by atoms with Crippen LogP contribution in [0.5, 0.6) is 0 Å². The third kappa shape index (κ3) is 22.8. The Labute approximate surface area is 458 Å². The van der Waals surface area contributed by atoms with Gasteiger partial charge in [-0.2, -0.15) is 12.6 Å². The maximum atomic E-state index is 14.4. The number of thiol groups is 1. The minimum atomic E-state index is -1.10. The zero-order chi connectivity index (χ0) is 57.0. The number of aromatic nitrogens is 2. The number of ether oxygens (including phenoxy) is 2. The lowest BCUT2D eigenvalue weighted by Crippen LogP contribution is -2.48. The quantitative estimate of drug-likeness (QED) is 0.0340. The predicted octanol–water partition coefficient (Wildman–Crippen LogP) is 6.30. The molecule has 0 fully saturated rings. The largest absolute Gasteiger partial charge is 0.456 e. The van der Waals surface area contributed by atoms with Crippen LogP contribution in [0.15, 0.2) is 72.1 Å². The van der Waals surface area contributed by atoms with Crippen LogP contribution in [0.3, 0.4) is 0 Å². The second kappa shape index (κ2) is 34.1. The number of hydrogen-bond donors (Lipinski definition) is 7. The highest BCUT2D eigenvalue weighted by Gasteiger charge is 2.32. The number of allylic oxidation sites excluding steroid dienone is 4. The number of rotatable bonds is 15. The first-order valence-electron chi connectivity index (χ1n) is 25.6. The second-order valence-corrected chi connectivity index (χ2v) is 20.0. The van der Waals surface area contributed by atoms with Crippen molar-refractivity contribution in [1.82, 2.24) is 41.9 Å². The lowest BCUT2D eigenvalue weighted by molar-refractivity contribution is -0.153. The average molecular weight is 1110 g/mol. The Balaban J connectivity index is 0.000000416. The molecule has 0 aliphatic carbocycles. The van der Waals surface area contributed by atoms with Crippen molar-refractivity contribution in [2.75, 3.05) is 11.5 Å². The minimum Gasteiger partial charge on any atom is -0.456 e. The number of unbranched alkanes of at least 4 members (excludes halogenated alkanes) is 4. The number of carbonyl (C=O) groups excluding carboxylic acids is 9. The Hall–Kier alpha value is -6.75. The third-order valence-electron chi connectivity index (χ3n) is 11.5. The fourth-order valence-corrected chi connectivity index (χ4v) is 8.10. The molecule has 6 amide bonds. The van der Waals surface area contributed by atoms with Gasteiger partial charge in [0.15, 0.2) is 28.1 Å². The Morgan fingerprint density at radius 3 is 1.53 bits per heavy atom. The van der Waals surface area contributed by atoms with Crippen molar-refractivity contribution in [3.63, 3.8) is 0 Å². The zero-order valence-corrected chi connectivity index (χ0v) is 46.3. The number of amides is 6. The van der Waals surface area contributed by atoms with Gasteiger partial charge in [0.25, 0.3) is 23.6 Å². The summed E-state index contributed by atoms with van der Waals surface area (Å²) in [6, 6.07) is 2.61. The first-order valence-corrected chi connectivity index (χ1v) is 27.2. The number of nitrogens with zero attached hydrogens (tertiary/aromatic N) is 2. The van der Waals surface area contributed by atoms with E-state index in [9.17, 15) is 51.9 Å². The lowest BCUT2D eigenvalue weighted by Gasteiger charge is -2.24. The topological polar surface area (TPSA) is 270 Å². The molecular formula is C54H72F2N8O11S2. The summed E-state index contributed by atoms with van der Waals surface area (Å²) in [4.78, 5) is 123. The van der Waals surface area contributed by atoms with Gasteiger partial charge in [-0.25, -0.2) is 28.3 Å². The van der Waals surface area contributed by atoms with Crippen molar-refractivity contribution in [2.24, 2.45) is 11.8 Å². The maximum Gasteiger partial charge on any atom is 0.329 e. The van der Waals surface area contributed by atoms with Crippen LogP contribution in [0, 0.1) is 23.5 Å². The molecule has 0 radical (unpaired) electrons. The summed E-state index contributed by atoms with van der Waals surface area (Å²) in [5.41, 5.74) is -0.995. The molecule has 77 heavy (non-hydrogen) atoms. The minimum absolute atomic E-state index is 0.0774. The van der Waals surface area contributed by atoms with Crippen LogP contribution < -0.4 is 31.9 Å². The molecule has 0 unspecified atom stereocenters. The summed E-state index contributed by atoms with van der Waals surface area (Å²) in [5, 5.41) is 15.2. The Morgan fingerprint density at radius 1 is 0.675 bits per heavy atom. The smallest absolute Gasteiger partial charge is 0.329 e. The van der Waals surface area contributed by atoms with Crippen LogP contribution >= 0.6 is 24.4 Å². The summed E-state index contributed by atoms with van der Waals surface area (Å²) < 4.78 is 39.9. The summed E-state index contributed by atoms with van der Waals surface area (Å²) in [5.74, 6) is -7.26. The summed E-state index contributed by atoms with van der Waals surface area (Å²) in [6.45, 7) is 11.8. The van der Waals surface area contributed by atoms with Gasteiger partial charge in [-0.05, 0) is 87.1 Å². The van der Waals surface area contributed by atoms with Crippen molar-refractivity contribution >= 4 is 76.9 Å². The van der Waals surface area contributed by atoms with Crippen molar-refractivity contribution in [1.29, 1.82) is 0 Å². The van der Waals surface area contributed by atoms with Crippen LogP contribution in [-0.2, 0) is 56.1 Å². The first-order chi connectivity index (χ1) is 36.7. The molecule has 0 saturated heterocycles. The van der Waals surface area contributed by atoms with Crippen molar-refractivity contribution < 1.29 is 61.4 Å². The fraction of sp³-hybridized carbons (Fsp3) is 0.500. The SMILES string of the molecule is C/C=C1\NC(=O)c2nc(ccc2F)CNC(=O)C[C@@H](/C=C/CCS)OC(=O)[C@H](C(C)C)NC1=O.C/C=C1\NC(=O)c2nc(ccc2F)CNC(=O)C[C@@H](/C=C/CCSC(=O)CCCCCCC)OC(=O)[C@H](C(C)C)NC1=O. The monoisotopic (exact) mass is 1110 g/mol. The third-order valence-corrected chi connectivity index (χ3v) is 12.7. The average Bonchev–Trinajstić information content (AvgIpc) is 3.38. The van der Waals surface area contributed by atoms with Crippen LogP contribution in [0.25, 0.3) is 0 Å². The number of hydrogen-bond acceptors (Lipinski definition) is 15. The van der Waals surface area contributed by atoms with E-state index in [1.165, 1.54) is 56.3 Å². The number of cyclic esters (lactones) is 2. The highest BCUT2D eigenvalue weighted by Crippen LogP contribution is 2.17. The standard InChI is InChI=1S/C31H43FN4O6S.C23H29FN4O5S/c1-5-7-8-9-10-14-26(38)43-17-12-11-13-22-18-25(37)33-19-21-15-16-23(32)28(34-21)30(40)35-24(6-2)29(39)36-27(20(3)4)31(41)42-22;1-4-17-21(30)28-19(13(2)3)23(32)33-15(7-5-6-10-34)11-18(29)25-12-14-8-9-16(24)20(26-14)22(31)27-17/h6,11,13,15-16,20,22,27H,5,7-10,12,14,17-19H2,1-4H3,(H,33,37)(H,35,40)(H,36,39);4-5,7-9,13,15,19,34H,6,10-12H2,1-3H3,(H,25,29)(H,27,31)(H,28,30)/b13-11+,24-6-;7-5+,17-4-/t22-,27+;15-,19+/m11/s1. The molecule has 4 heterocycles. The van der Waals surface area contributed by atoms with Gasteiger partial charge >= 0.3 is 11.9 Å². The van der Waals surface area contributed by atoms with Crippen LogP contribution in [0.4, 0.5) is 8.78 Å². The van der Waals surface area contributed by atoms with E-state index in [1.54, 1.807) is 52.0 Å². The Bertz CT molecular complexity index is 2540. The number of carbonyl (C=O) groups is 9. The molecule has 4 rings (SSSR count). The van der Waals surface area contributed by atoms with E-state index in [0.717, 1.165) is 37.8 Å². The van der Waals surface area contributed by atoms with Gasteiger partial charge in [0, 0.05) is 12.2 Å². The van der Waals surface area contributed by atoms with E-state index in [0.29, 0.717) is 30.8 Å². The molecule has 2 aliphatic heterocycles. The molecule has 2 aliphatic rings. The first kappa shape index (κ1) is 64.5. The highest BCUT2D eigenvalue weighted by atomic mass is 32.2. The number of thioether (sulfide) groups is 1. The molecule has 4 bridgehead atoms. The van der Waals surface area contributed by atoms with E-state index in [1.807, 2.05) is 0 Å². The van der Waals surface area contributed by atoms with Crippen molar-refractivity contribution in [3.05, 3.63) is 107 Å². The molecular weight excluding hydrogens is 1040 g/mol. The summed E-state index contributed by atoms with van der Waals surface area (Å²) in [6.07, 6.45) is 14.2. The van der Waals surface area contributed by atoms with Crippen LogP contribution in [0.2, 0.25) is 0 Å². The van der Waals surface area contributed by atoms with Gasteiger partial charge in [0.1, 0.15) is 35.7 Å². The molecule has 6 N–H and O–H groups in total. The number of halogens is 2. The van der Waals surface area contributed by atoms with Gasteiger partial charge in [-0.3, -0.25) is 33.6 Å². The lowest BCUT2D eigenvalue weighted by atomic mass is 10.0. The fourth-order valence-electron chi connectivity index (χ4n) is 7.18. The van der Waals surface area contributed by atoms with E-state index in [-0.39, 0.29) is 59.7 Å². The summed E-state index contributed by atoms with van der Waals surface area (Å²) >= 11 is 5.39. The number of nitrogens with one attached hydrogen (secondary N) is 6. The molecule has 0 saturated carbocycles. The van der Waals surface area contributed by atoms with E-state index < -0.39 is 101 Å². The number of fused-ring (bicyclic) bond motifs is 4. The van der Waals surface area contributed by atoms with E-state index in [2.05, 4.69) is 61.4 Å². The van der Waals surface area contributed by atoms with Crippen LogP contribution in [-0.4, -0.2) is 98.3 Å². The van der Waals surface area contributed by atoms with Crippen molar-refractivity contribution in [3.8, 4) is 0 Å². The van der Waals surface area contributed by atoms with E-state index >= 15 is 0 Å². The van der Waals surface area contributed by atoms with E-state index in [4.69, 9.17) is 9.47 Å². The van der Waals surface area contributed by atoms with Gasteiger partial charge in [0.2, 0.25) is 11.8 Å². The van der Waals surface area contributed by atoms with Gasteiger partial charge in [-0.15, -0.1) is 0 Å². The van der Waals surface area contributed by atoms with Crippen molar-refractivity contribution in [2.45, 2.75) is 150 Å². The molecule has 0 aromatic carbocycles. The maximum absolute atomic E-state index is 14.4. The Kier molecular flexibility index (Phi) is 28.6. The molecule has 4 atom stereocenters. The normalized spacial score (nSPS) is 20.7.